The first-order valence-electron chi connectivity index (χ1n) is 16.0. The number of carboxylic acids is 1. The summed E-state index contributed by atoms with van der Waals surface area (Å²) in [7, 11) is 0. The van der Waals surface area contributed by atoms with Crippen molar-refractivity contribution in [1.82, 2.24) is 19.7 Å². The van der Waals surface area contributed by atoms with Crippen molar-refractivity contribution in [3.8, 4) is 11.1 Å². The number of benzene rings is 2. The van der Waals surface area contributed by atoms with E-state index < -0.39 is 59.4 Å². The van der Waals surface area contributed by atoms with Crippen molar-refractivity contribution in [2.24, 2.45) is 11.1 Å². The fourth-order valence-electron chi connectivity index (χ4n) is 5.76. The molecule has 0 spiro atoms. The fourth-order valence-corrected chi connectivity index (χ4v) is 6.68. The molecule has 0 aliphatic carbocycles. The van der Waals surface area contributed by atoms with E-state index in [1.54, 1.807) is 17.2 Å². The Morgan fingerprint density at radius 2 is 1.70 bits per heavy atom. The first-order chi connectivity index (χ1) is 23.7. The van der Waals surface area contributed by atoms with Gasteiger partial charge in [0.05, 0.1) is 11.8 Å². The summed E-state index contributed by atoms with van der Waals surface area (Å²) in [5, 5.41) is 12.1. The predicted molar refractivity (Wildman–Crippen MR) is 186 cm³/mol. The maximum absolute atomic E-state index is 15.0. The summed E-state index contributed by atoms with van der Waals surface area (Å²) in [6.07, 6.45) is 4.25. The van der Waals surface area contributed by atoms with Crippen LogP contribution in [0.3, 0.4) is 0 Å². The zero-order valence-electron chi connectivity index (χ0n) is 28.1. The molecule has 2 aromatic carbocycles. The van der Waals surface area contributed by atoms with Crippen LogP contribution in [0.1, 0.15) is 44.5 Å². The molecule has 266 valence electrons. The third kappa shape index (κ3) is 9.66. The van der Waals surface area contributed by atoms with Gasteiger partial charge in [0.25, 0.3) is 11.8 Å². The summed E-state index contributed by atoms with van der Waals surface area (Å²) in [6.45, 7) is 6.22. The number of thioether (sulfide) groups is 1. The molecular weight excluding hydrogens is 668 g/mol. The molecule has 50 heavy (non-hydrogen) atoms. The van der Waals surface area contributed by atoms with Crippen molar-refractivity contribution in [2.75, 3.05) is 31.1 Å². The standard InChI is InChI=1S/C36H41F2N5O6S/c1-36(2,3)34(29-16-24(26-17-25(37)10-11-27(26)38)19-41(29)18-23-8-5-4-6-9-23)42(15-7-14-39)33(47)22-50-21-28(35(48)49)40-30(44)20-43-31(45)12-13-32(43)46/h4-6,8-13,16-17,19,28,34H,7,14-15,18,20-22,39H2,1-3H3,(H,40,44)(H,48,49)/t28-,34-/m0/s1. The van der Waals surface area contributed by atoms with Gasteiger partial charge in [0.15, 0.2) is 0 Å². The lowest BCUT2D eigenvalue weighted by Gasteiger charge is -2.41. The number of imide groups is 1. The van der Waals surface area contributed by atoms with Gasteiger partial charge in [0.2, 0.25) is 11.8 Å². The number of amides is 4. The zero-order chi connectivity index (χ0) is 36.6. The molecule has 1 aliphatic heterocycles. The van der Waals surface area contributed by atoms with Gasteiger partial charge in [-0.15, -0.1) is 11.8 Å². The highest BCUT2D eigenvalue weighted by atomic mass is 32.2. The number of aromatic nitrogens is 1. The van der Waals surface area contributed by atoms with Crippen molar-refractivity contribution in [3.05, 3.63) is 95.8 Å². The number of carboxylic acid groups (broad SMARTS) is 1. The van der Waals surface area contributed by atoms with Crippen LogP contribution < -0.4 is 11.1 Å². The van der Waals surface area contributed by atoms with E-state index >= 15 is 4.39 Å². The second-order valence-corrected chi connectivity index (χ2v) is 14.0. The van der Waals surface area contributed by atoms with Crippen molar-refractivity contribution in [1.29, 1.82) is 0 Å². The van der Waals surface area contributed by atoms with E-state index in [9.17, 15) is 33.5 Å². The van der Waals surface area contributed by atoms with Gasteiger partial charge < -0.3 is 25.6 Å². The summed E-state index contributed by atoms with van der Waals surface area (Å²) < 4.78 is 31.3. The Morgan fingerprint density at radius 1 is 1.02 bits per heavy atom. The molecule has 14 heteroatoms. The average Bonchev–Trinajstić information content (AvgIpc) is 3.60. The summed E-state index contributed by atoms with van der Waals surface area (Å²) >= 11 is 1.01. The largest absolute Gasteiger partial charge is 0.480 e. The quantitative estimate of drug-likeness (QED) is 0.189. The van der Waals surface area contributed by atoms with E-state index in [2.05, 4.69) is 5.32 Å². The predicted octanol–water partition coefficient (Wildman–Crippen LogP) is 3.97. The van der Waals surface area contributed by atoms with Gasteiger partial charge in [0.1, 0.15) is 24.2 Å². The number of carbonyl (C=O) groups is 5. The highest BCUT2D eigenvalue weighted by Gasteiger charge is 2.37. The Bertz CT molecular complexity index is 1740. The first-order valence-corrected chi connectivity index (χ1v) is 17.2. The summed E-state index contributed by atoms with van der Waals surface area (Å²) in [5.74, 6) is -5.35. The number of hydrogen-bond donors (Lipinski definition) is 3. The molecule has 0 fully saturated rings. The van der Waals surface area contributed by atoms with E-state index in [1.807, 2.05) is 55.7 Å². The van der Waals surface area contributed by atoms with Crippen LogP contribution in [-0.4, -0.2) is 86.3 Å². The fraction of sp³-hybridized carbons (Fsp3) is 0.361. The SMILES string of the molecule is CC(C)(C)[C@H](c1cc(-c2cc(F)ccc2F)cn1Cc1ccccc1)N(CCCN)C(=O)CSC[C@H](NC(=O)CN1C(=O)C=CC1=O)C(=O)O. The van der Waals surface area contributed by atoms with Gasteiger partial charge >= 0.3 is 5.97 Å². The number of aliphatic carboxylic acids is 1. The number of carbonyl (C=O) groups excluding carboxylic acids is 4. The Morgan fingerprint density at radius 3 is 2.32 bits per heavy atom. The van der Waals surface area contributed by atoms with E-state index in [1.165, 1.54) is 0 Å². The molecular formula is C36H41F2N5O6S. The van der Waals surface area contributed by atoms with E-state index in [0.29, 0.717) is 35.7 Å². The van der Waals surface area contributed by atoms with Crippen LogP contribution in [0, 0.1) is 17.0 Å². The molecule has 4 rings (SSSR count). The van der Waals surface area contributed by atoms with Crippen molar-refractivity contribution in [3.63, 3.8) is 0 Å². The van der Waals surface area contributed by atoms with Gasteiger partial charge in [-0.1, -0.05) is 51.1 Å². The van der Waals surface area contributed by atoms with Crippen LogP contribution in [0.15, 0.2) is 72.9 Å². The summed E-state index contributed by atoms with van der Waals surface area (Å²) in [6, 6.07) is 12.6. The van der Waals surface area contributed by atoms with Gasteiger partial charge in [-0.3, -0.25) is 24.1 Å². The van der Waals surface area contributed by atoms with E-state index in [-0.39, 0.29) is 29.5 Å². The number of nitrogens with zero attached hydrogens (tertiary/aromatic N) is 3. The van der Waals surface area contributed by atoms with Crippen LogP contribution >= 0.6 is 11.8 Å². The number of nitrogens with two attached hydrogens (primary N) is 1. The van der Waals surface area contributed by atoms with Gasteiger partial charge in [-0.05, 0) is 48.2 Å². The normalized spacial score (nSPS) is 14.2. The lowest BCUT2D eigenvalue weighted by atomic mass is 9.83. The Kier molecular flexibility index (Phi) is 12.7. The lowest BCUT2D eigenvalue weighted by Crippen LogP contribution is -2.48. The number of halogens is 2. The third-order valence-corrected chi connectivity index (χ3v) is 9.07. The van der Waals surface area contributed by atoms with Gasteiger partial charge in [-0.2, -0.15) is 0 Å². The molecule has 2 heterocycles. The van der Waals surface area contributed by atoms with E-state index in [0.717, 1.165) is 47.7 Å². The molecule has 0 radical (unpaired) electrons. The minimum Gasteiger partial charge on any atom is -0.480 e. The second-order valence-electron chi connectivity index (χ2n) is 13.0. The average molecular weight is 710 g/mol. The molecule has 4 N–H and O–H groups in total. The maximum Gasteiger partial charge on any atom is 0.327 e. The van der Waals surface area contributed by atoms with Crippen molar-refractivity contribution >= 4 is 41.4 Å². The molecule has 1 aliphatic rings. The molecule has 3 aromatic rings. The van der Waals surface area contributed by atoms with Crippen LogP contribution in [-0.2, 0) is 30.5 Å². The summed E-state index contributed by atoms with van der Waals surface area (Å²) in [5.41, 5.74) is 7.47. The minimum absolute atomic E-state index is 0.0811. The molecule has 4 amide bonds. The van der Waals surface area contributed by atoms with Crippen LogP contribution in [0.4, 0.5) is 8.78 Å². The van der Waals surface area contributed by atoms with E-state index in [4.69, 9.17) is 5.73 Å². The highest BCUT2D eigenvalue weighted by Crippen LogP contribution is 2.41. The Labute approximate surface area is 293 Å². The zero-order valence-corrected chi connectivity index (χ0v) is 28.9. The smallest absolute Gasteiger partial charge is 0.327 e. The molecule has 0 unspecified atom stereocenters. The molecule has 11 nitrogen and oxygen atoms in total. The van der Waals surface area contributed by atoms with Crippen molar-refractivity contribution in [2.45, 2.75) is 45.8 Å². The summed E-state index contributed by atoms with van der Waals surface area (Å²) in [4.78, 5) is 64.5. The molecule has 0 saturated carbocycles. The maximum atomic E-state index is 15.0. The second kappa shape index (κ2) is 16.7. The number of nitrogens with one attached hydrogen (secondary N) is 1. The Hall–Kier alpha value is -4.82. The number of rotatable bonds is 16. The molecule has 0 saturated heterocycles. The lowest BCUT2D eigenvalue weighted by molar-refractivity contribution is -0.143. The first kappa shape index (κ1) is 38.0. The number of hydrogen-bond acceptors (Lipinski definition) is 7. The van der Waals surface area contributed by atoms with Crippen molar-refractivity contribution < 1.29 is 37.9 Å². The topological polar surface area (TPSA) is 155 Å². The Balaban J connectivity index is 1.60. The monoisotopic (exact) mass is 709 g/mol. The third-order valence-electron chi connectivity index (χ3n) is 8.05. The molecule has 0 bridgehead atoms. The minimum atomic E-state index is -1.40. The van der Waals surface area contributed by atoms with Crippen LogP contribution in [0.5, 0.6) is 0 Å². The van der Waals surface area contributed by atoms with Crippen LogP contribution in [0.25, 0.3) is 11.1 Å². The van der Waals surface area contributed by atoms with Gasteiger partial charge in [-0.25, -0.2) is 13.6 Å². The van der Waals surface area contributed by atoms with Gasteiger partial charge in [0, 0.05) is 54.0 Å². The van der Waals surface area contributed by atoms with Crippen LogP contribution in [0.2, 0.25) is 0 Å². The highest BCUT2D eigenvalue weighted by molar-refractivity contribution is 8.00. The molecule has 2 atom stereocenters. The molecule has 1 aromatic heterocycles.